The molecule has 0 N–H and O–H groups in total. The number of fused-ring (bicyclic) bond motifs is 1. The van der Waals surface area contributed by atoms with Crippen LogP contribution in [0.25, 0.3) is 10.2 Å². The van der Waals surface area contributed by atoms with Crippen LogP contribution in [0.2, 0.25) is 0 Å². The Hall–Kier alpha value is -2.06. The number of nitrogens with zero attached hydrogens (tertiary/aromatic N) is 2. The fourth-order valence-electron chi connectivity index (χ4n) is 1.95. The maximum Gasteiger partial charge on any atom is 0.253 e. The van der Waals surface area contributed by atoms with E-state index in [0.717, 1.165) is 16.0 Å². The summed E-state index contributed by atoms with van der Waals surface area (Å²) in [7, 11) is 0. The van der Waals surface area contributed by atoms with Crippen LogP contribution in [0, 0.1) is 17.8 Å². The number of rotatable bonds is 3. The molecule has 0 unspecified atom stereocenters. The second kappa shape index (κ2) is 6.37. The zero-order chi connectivity index (χ0) is 16.3. The molecular formula is C17H20N2O2S. The third-order valence-corrected chi connectivity index (χ3v) is 4.10. The van der Waals surface area contributed by atoms with Crippen LogP contribution in [0.1, 0.15) is 27.7 Å². The first-order chi connectivity index (χ1) is 10.4. The Kier molecular flexibility index (Phi) is 4.72. The van der Waals surface area contributed by atoms with Crippen molar-refractivity contribution in [1.82, 2.24) is 4.57 Å². The molecule has 0 aliphatic rings. The minimum absolute atomic E-state index is 0.164. The Balaban J connectivity index is 2.73. The van der Waals surface area contributed by atoms with Gasteiger partial charge in [0.25, 0.3) is 5.91 Å². The molecule has 1 amide bonds. The van der Waals surface area contributed by atoms with Gasteiger partial charge in [0.2, 0.25) is 0 Å². The summed E-state index contributed by atoms with van der Waals surface area (Å²) < 4.78 is 8.55. The third-order valence-electron chi connectivity index (χ3n) is 3.05. The van der Waals surface area contributed by atoms with Crippen molar-refractivity contribution in [3.63, 3.8) is 0 Å². The second-order valence-corrected chi connectivity index (χ2v) is 6.89. The summed E-state index contributed by atoms with van der Waals surface area (Å²) in [4.78, 5) is 17.1. The Morgan fingerprint density at radius 3 is 2.77 bits per heavy atom. The lowest BCUT2D eigenvalue weighted by molar-refractivity contribution is -0.125. The van der Waals surface area contributed by atoms with Crippen LogP contribution >= 0.6 is 11.3 Å². The van der Waals surface area contributed by atoms with Gasteiger partial charge in [-0.1, -0.05) is 44.1 Å². The van der Waals surface area contributed by atoms with Gasteiger partial charge >= 0.3 is 0 Å². The molecule has 0 fully saturated rings. The van der Waals surface area contributed by atoms with Crippen LogP contribution in [0.3, 0.4) is 0 Å². The van der Waals surface area contributed by atoms with Crippen molar-refractivity contribution < 1.29 is 9.53 Å². The molecular weight excluding hydrogens is 296 g/mol. The number of amides is 1. The number of ether oxygens (including phenoxy) is 1. The first-order valence-corrected chi connectivity index (χ1v) is 7.98. The van der Waals surface area contributed by atoms with Crippen molar-refractivity contribution in [1.29, 1.82) is 0 Å². The van der Waals surface area contributed by atoms with Gasteiger partial charge in [0, 0.05) is 5.41 Å². The number of aromatic nitrogens is 1. The zero-order valence-electron chi connectivity index (χ0n) is 13.3. The number of hydrogen-bond donors (Lipinski definition) is 0. The molecule has 22 heavy (non-hydrogen) atoms. The predicted molar refractivity (Wildman–Crippen MR) is 89.8 cm³/mol. The molecule has 0 saturated carbocycles. The summed E-state index contributed by atoms with van der Waals surface area (Å²) in [6.07, 6.45) is 5.49. The topological polar surface area (TPSA) is 43.6 Å². The van der Waals surface area contributed by atoms with E-state index in [-0.39, 0.29) is 5.91 Å². The summed E-state index contributed by atoms with van der Waals surface area (Å²) in [5, 5.41) is 0. The molecule has 1 heterocycles. The van der Waals surface area contributed by atoms with E-state index in [0.29, 0.717) is 18.0 Å². The van der Waals surface area contributed by atoms with E-state index in [9.17, 15) is 4.79 Å². The highest BCUT2D eigenvalue weighted by atomic mass is 32.1. The fourth-order valence-corrected chi connectivity index (χ4v) is 2.99. The molecule has 0 spiro atoms. The lowest BCUT2D eigenvalue weighted by Gasteiger charge is -2.12. The average Bonchev–Trinajstić information content (AvgIpc) is 2.77. The molecule has 0 aliphatic heterocycles. The number of para-hydroxylation sites is 1. The van der Waals surface area contributed by atoms with E-state index < -0.39 is 5.41 Å². The minimum Gasteiger partial charge on any atom is -0.492 e. The molecule has 0 saturated heterocycles. The zero-order valence-corrected chi connectivity index (χ0v) is 14.2. The number of hydrogen-bond acceptors (Lipinski definition) is 3. The number of carbonyl (C=O) groups excluding carboxylic acids is 1. The van der Waals surface area contributed by atoms with E-state index in [1.807, 2.05) is 50.5 Å². The van der Waals surface area contributed by atoms with Gasteiger partial charge in [-0.15, -0.1) is 6.42 Å². The van der Waals surface area contributed by atoms with Crippen LogP contribution in [-0.4, -0.2) is 17.1 Å². The molecule has 2 rings (SSSR count). The first-order valence-electron chi connectivity index (χ1n) is 7.16. The molecule has 0 atom stereocenters. The van der Waals surface area contributed by atoms with Crippen molar-refractivity contribution in [2.45, 2.75) is 34.2 Å². The molecule has 116 valence electrons. The smallest absolute Gasteiger partial charge is 0.253 e. The van der Waals surface area contributed by atoms with E-state index in [2.05, 4.69) is 10.9 Å². The highest BCUT2D eigenvalue weighted by Gasteiger charge is 2.21. The highest BCUT2D eigenvalue weighted by Crippen LogP contribution is 2.27. The van der Waals surface area contributed by atoms with Crippen molar-refractivity contribution in [2.24, 2.45) is 10.4 Å². The lowest BCUT2D eigenvalue weighted by atomic mass is 9.96. The molecule has 1 aromatic heterocycles. The number of thiazole rings is 1. The standard InChI is InChI=1S/C17H20N2O2S/c1-6-11-19-14-12(21-7-2)9-8-10-13(14)22-16(19)18-15(20)17(3,4)5/h1,8-10H,7,11H2,2-5H3. The normalized spacial score (nSPS) is 12.4. The summed E-state index contributed by atoms with van der Waals surface area (Å²) in [5.74, 6) is 3.22. The molecule has 0 aliphatic carbocycles. The Bertz CT molecular complexity index is 801. The maximum absolute atomic E-state index is 12.2. The van der Waals surface area contributed by atoms with Crippen LogP contribution in [0.4, 0.5) is 0 Å². The maximum atomic E-state index is 12.2. The Morgan fingerprint density at radius 2 is 2.18 bits per heavy atom. The first kappa shape index (κ1) is 16.3. The molecule has 4 nitrogen and oxygen atoms in total. The predicted octanol–water partition coefficient (Wildman–Crippen LogP) is 3.21. The van der Waals surface area contributed by atoms with Gasteiger partial charge in [0.1, 0.15) is 11.3 Å². The van der Waals surface area contributed by atoms with Gasteiger partial charge < -0.3 is 9.30 Å². The Labute approximate surface area is 134 Å². The highest BCUT2D eigenvalue weighted by molar-refractivity contribution is 7.16. The van der Waals surface area contributed by atoms with Gasteiger partial charge in [-0.2, -0.15) is 4.99 Å². The number of terminal acetylenes is 1. The van der Waals surface area contributed by atoms with Gasteiger partial charge in [0.15, 0.2) is 4.80 Å². The van der Waals surface area contributed by atoms with Gasteiger partial charge in [-0.05, 0) is 19.1 Å². The summed E-state index contributed by atoms with van der Waals surface area (Å²) in [6.45, 7) is 8.40. The van der Waals surface area contributed by atoms with E-state index in [1.54, 1.807) is 0 Å². The van der Waals surface area contributed by atoms with Crippen molar-refractivity contribution in [3.8, 4) is 18.1 Å². The summed E-state index contributed by atoms with van der Waals surface area (Å²) in [6, 6.07) is 5.82. The molecule has 0 bridgehead atoms. The lowest BCUT2D eigenvalue weighted by Crippen LogP contribution is -2.23. The van der Waals surface area contributed by atoms with Crippen molar-refractivity contribution in [2.75, 3.05) is 6.61 Å². The van der Waals surface area contributed by atoms with Gasteiger partial charge in [-0.25, -0.2) is 0 Å². The third kappa shape index (κ3) is 3.23. The second-order valence-electron chi connectivity index (χ2n) is 5.88. The quantitative estimate of drug-likeness (QED) is 0.816. The van der Waals surface area contributed by atoms with E-state index >= 15 is 0 Å². The van der Waals surface area contributed by atoms with Crippen LogP contribution < -0.4 is 9.54 Å². The van der Waals surface area contributed by atoms with E-state index in [1.165, 1.54) is 11.3 Å². The van der Waals surface area contributed by atoms with Gasteiger partial charge in [-0.3, -0.25) is 4.79 Å². The monoisotopic (exact) mass is 316 g/mol. The van der Waals surface area contributed by atoms with Crippen LogP contribution in [-0.2, 0) is 11.3 Å². The molecule has 1 aromatic carbocycles. The minimum atomic E-state index is -0.521. The molecule has 2 aromatic rings. The van der Waals surface area contributed by atoms with E-state index in [4.69, 9.17) is 11.2 Å². The van der Waals surface area contributed by atoms with Gasteiger partial charge in [0.05, 0.1) is 17.9 Å². The van der Waals surface area contributed by atoms with Crippen molar-refractivity contribution in [3.05, 3.63) is 23.0 Å². The summed E-state index contributed by atoms with van der Waals surface area (Å²) >= 11 is 1.45. The molecule has 5 heteroatoms. The number of benzene rings is 1. The number of carbonyl (C=O) groups is 1. The fraction of sp³-hybridized carbons (Fsp3) is 0.412. The van der Waals surface area contributed by atoms with Crippen LogP contribution in [0.5, 0.6) is 5.75 Å². The Morgan fingerprint density at radius 1 is 1.45 bits per heavy atom. The summed E-state index contributed by atoms with van der Waals surface area (Å²) in [5.41, 5.74) is 0.375. The largest absolute Gasteiger partial charge is 0.492 e. The average molecular weight is 316 g/mol. The SMILES string of the molecule is C#CCn1c(=NC(=O)C(C)(C)C)sc2cccc(OCC)c21. The molecule has 0 radical (unpaired) electrons. The van der Waals surface area contributed by atoms with Crippen molar-refractivity contribution >= 4 is 27.5 Å². The van der Waals surface area contributed by atoms with Crippen LogP contribution in [0.15, 0.2) is 23.2 Å².